The smallest absolute Gasteiger partial charge is 0.258 e. The average Bonchev–Trinajstić information content (AvgIpc) is 3.28. The summed E-state index contributed by atoms with van der Waals surface area (Å²) in [6.45, 7) is 2.03. The van der Waals surface area contributed by atoms with Crippen molar-refractivity contribution in [1.82, 2.24) is 19.9 Å². The van der Waals surface area contributed by atoms with Gasteiger partial charge >= 0.3 is 0 Å². The van der Waals surface area contributed by atoms with Crippen molar-refractivity contribution in [3.05, 3.63) is 93.6 Å². The first-order chi connectivity index (χ1) is 18.2. The van der Waals surface area contributed by atoms with E-state index < -0.39 is 20.9 Å². The molecule has 1 N–H and O–H groups in total. The van der Waals surface area contributed by atoms with E-state index in [1.54, 1.807) is 25.1 Å². The topological polar surface area (TPSA) is 126 Å². The van der Waals surface area contributed by atoms with Gasteiger partial charge in [0.25, 0.3) is 5.56 Å². The number of hydrogen-bond acceptors (Lipinski definition) is 8. The molecule has 1 aromatic carbocycles. The first kappa shape index (κ1) is 25.3. The Morgan fingerprint density at radius 1 is 1.26 bits per heavy atom. The van der Waals surface area contributed by atoms with Gasteiger partial charge in [-0.15, -0.1) is 6.42 Å². The Balaban J connectivity index is 1.49. The number of Topliss-reactive ketones (excluding diaryl/α,β-unsaturated/α-hetero) is 1. The van der Waals surface area contributed by atoms with Crippen molar-refractivity contribution in [3.8, 4) is 12.3 Å². The summed E-state index contributed by atoms with van der Waals surface area (Å²) in [6.07, 6.45) is 12.7. The molecule has 0 fully saturated rings. The van der Waals surface area contributed by atoms with Crippen molar-refractivity contribution in [3.63, 3.8) is 0 Å². The van der Waals surface area contributed by atoms with Crippen LogP contribution in [0.25, 0.3) is 10.9 Å². The van der Waals surface area contributed by atoms with Crippen LogP contribution in [-0.2, 0) is 16.3 Å². The van der Waals surface area contributed by atoms with Crippen LogP contribution in [0.3, 0.4) is 0 Å². The number of carbonyl (C=O) groups is 1. The van der Waals surface area contributed by atoms with E-state index in [4.69, 9.17) is 6.42 Å². The van der Waals surface area contributed by atoms with E-state index in [0.717, 1.165) is 30.2 Å². The van der Waals surface area contributed by atoms with Crippen LogP contribution < -0.4 is 10.5 Å². The van der Waals surface area contributed by atoms with Gasteiger partial charge in [-0.2, -0.15) is 0 Å². The molecule has 38 heavy (non-hydrogen) atoms. The SMILES string of the molecule is C#CCN(c1ccc(C(=O)C(c2cccnc2)S(C)(=O)=O)nc1)C1CCc2cc3nc(C)[nH]c(=O)c3cc21. The second-order valence-electron chi connectivity index (χ2n) is 9.37. The van der Waals surface area contributed by atoms with E-state index in [9.17, 15) is 18.0 Å². The fourth-order valence-electron chi connectivity index (χ4n) is 5.10. The molecule has 0 amide bonds. The number of anilines is 1. The number of fused-ring (bicyclic) bond motifs is 2. The molecular weight excluding hydrogens is 502 g/mol. The molecule has 9 nitrogen and oxygen atoms in total. The second kappa shape index (κ2) is 9.84. The molecule has 0 bridgehead atoms. The van der Waals surface area contributed by atoms with Gasteiger partial charge in [0.1, 0.15) is 11.5 Å². The van der Waals surface area contributed by atoms with E-state index in [1.807, 2.05) is 17.0 Å². The van der Waals surface area contributed by atoms with E-state index in [-0.39, 0.29) is 29.4 Å². The minimum atomic E-state index is -3.77. The molecule has 0 aliphatic heterocycles. The quantitative estimate of drug-likeness (QED) is 0.287. The lowest BCUT2D eigenvalue weighted by atomic mass is 10.0. The zero-order valence-electron chi connectivity index (χ0n) is 20.9. The van der Waals surface area contributed by atoms with Gasteiger partial charge in [0.05, 0.1) is 35.4 Å². The number of sulfone groups is 1. The van der Waals surface area contributed by atoms with Crippen LogP contribution in [0, 0.1) is 19.3 Å². The van der Waals surface area contributed by atoms with Gasteiger partial charge in [-0.05, 0) is 66.8 Å². The number of nitrogens with zero attached hydrogens (tertiary/aromatic N) is 4. The number of H-pyrrole nitrogens is 1. The minimum Gasteiger partial charge on any atom is -0.352 e. The van der Waals surface area contributed by atoms with Gasteiger partial charge in [0, 0.05) is 18.6 Å². The highest BCUT2D eigenvalue weighted by atomic mass is 32.2. The maximum absolute atomic E-state index is 13.2. The number of aryl methyl sites for hydroxylation is 2. The third-order valence-electron chi connectivity index (χ3n) is 6.75. The normalized spacial score (nSPS) is 15.6. The summed E-state index contributed by atoms with van der Waals surface area (Å²) in [7, 11) is -3.77. The lowest BCUT2D eigenvalue weighted by Gasteiger charge is -2.30. The van der Waals surface area contributed by atoms with E-state index in [1.165, 1.54) is 24.7 Å². The van der Waals surface area contributed by atoms with E-state index in [0.29, 0.717) is 22.4 Å². The Morgan fingerprint density at radius 2 is 2.08 bits per heavy atom. The average molecular weight is 528 g/mol. The molecule has 4 aromatic rings. The molecule has 192 valence electrons. The molecule has 0 radical (unpaired) electrons. The second-order valence-corrected chi connectivity index (χ2v) is 11.5. The molecule has 3 aromatic heterocycles. The number of ketones is 1. The number of aromatic nitrogens is 4. The molecule has 10 heteroatoms. The summed E-state index contributed by atoms with van der Waals surface area (Å²) in [5, 5.41) is -0.884. The zero-order chi connectivity index (χ0) is 27.0. The van der Waals surface area contributed by atoms with Crippen LogP contribution in [0.2, 0.25) is 0 Å². The van der Waals surface area contributed by atoms with Crippen molar-refractivity contribution in [1.29, 1.82) is 0 Å². The fourth-order valence-corrected chi connectivity index (χ4v) is 6.24. The molecule has 0 saturated carbocycles. The highest BCUT2D eigenvalue weighted by molar-refractivity contribution is 7.91. The predicted molar refractivity (Wildman–Crippen MR) is 145 cm³/mol. The molecule has 5 rings (SSSR count). The van der Waals surface area contributed by atoms with Gasteiger partial charge in [-0.1, -0.05) is 12.0 Å². The first-order valence-corrected chi connectivity index (χ1v) is 14.0. The Labute approximate surface area is 219 Å². The van der Waals surface area contributed by atoms with Gasteiger partial charge in [0.2, 0.25) is 5.78 Å². The van der Waals surface area contributed by atoms with Gasteiger partial charge < -0.3 is 9.88 Å². The van der Waals surface area contributed by atoms with Crippen molar-refractivity contribution < 1.29 is 13.2 Å². The van der Waals surface area contributed by atoms with Crippen LogP contribution >= 0.6 is 0 Å². The number of pyridine rings is 2. The lowest BCUT2D eigenvalue weighted by Crippen LogP contribution is -2.28. The monoisotopic (exact) mass is 527 g/mol. The lowest BCUT2D eigenvalue weighted by molar-refractivity contribution is 0.0982. The standard InChI is InChI=1S/C28H25N5O4S/c1-4-12-33(25-10-7-18-13-24-22(14-21(18)25)28(35)32-17(2)31-24)20-8-9-23(30-16-20)26(34)27(38(3,36)37)19-6-5-11-29-15-19/h1,5-6,8-9,11,13-16,25,27H,7,10,12H2,2-3H3,(H,31,32,35). The Morgan fingerprint density at radius 3 is 2.74 bits per heavy atom. The third kappa shape index (κ3) is 4.68. The molecule has 2 unspecified atom stereocenters. The van der Waals surface area contributed by atoms with Gasteiger partial charge in [-0.25, -0.2) is 13.4 Å². The summed E-state index contributed by atoms with van der Waals surface area (Å²) in [5.41, 5.74) is 3.57. The highest BCUT2D eigenvalue weighted by Crippen LogP contribution is 2.39. The summed E-state index contributed by atoms with van der Waals surface area (Å²) < 4.78 is 25.0. The van der Waals surface area contributed by atoms with Crippen molar-refractivity contribution >= 4 is 32.2 Å². The number of carbonyl (C=O) groups excluding carboxylic acids is 1. The van der Waals surface area contributed by atoms with Crippen LogP contribution in [0.4, 0.5) is 5.69 Å². The van der Waals surface area contributed by atoms with Crippen molar-refractivity contribution in [2.24, 2.45) is 0 Å². The van der Waals surface area contributed by atoms with Crippen molar-refractivity contribution in [2.45, 2.75) is 31.1 Å². The predicted octanol–water partition coefficient (Wildman–Crippen LogP) is 3.12. The number of rotatable bonds is 7. The number of terminal acetylenes is 1. The summed E-state index contributed by atoms with van der Waals surface area (Å²) >= 11 is 0. The molecule has 0 saturated heterocycles. The zero-order valence-corrected chi connectivity index (χ0v) is 21.7. The number of benzene rings is 1. The maximum atomic E-state index is 13.2. The largest absolute Gasteiger partial charge is 0.352 e. The summed E-state index contributed by atoms with van der Waals surface area (Å²) in [6, 6.07) is 10.1. The number of nitrogens with one attached hydrogen (secondary N) is 1. The highest BCUT2D eigenvalue weighted by Gasteiger charge is 2.33. The number of aromatic amines is 1. The van der Waals surface area contributed by atoms with Crippen LogP contribution in [0.15, 0.2) is 59.8 Å². The molecule has 0 spiro atoms. The van der Waals surface area contributed by atoms with E-state index in [2.05, 4.69) is 25.9 Å². The van der Waals surface area contributed by atoms with Gasteiger partial charge in [0.15, 0.2) is 15.1 Å². The Hall–Kier alpha value is -4.36. The summed E-state index contributed by atoms with van der Waals surface area (Å²) in [4.78, 5) is 43.3. The molecule has 3 heterocycles. The third-order valence-corrected chi connectivity index (χ3v) is 8.10. The molecular formula is C28H25N5O4S. The first-order valence-electron chi connectivity index (χ1n) is 12.0. The fraction of sp³-hybridized carbons (Fsp3) is 0.250. The van der Waals surface area contributed by atoms with Crippen LogP contribution in [0.1, 0.15) is 50.7 Å². The van der Waals surface area contributed by atoms with Crippen molar-refractivity contribution in [2.75, 3.05) is 17.7 Å². The summed E-state index contributed by atoms with van der Waals surface area (Å²) in [5.74, 6) is 2.63. The minimum absolute atomic E-state index is 0.0273. The van der Waals surface area contributed by atoms with Crippen LogP contribution in [0.5, 0.6) is 0 Å². The van der Waals surface area contributed by atoms with Gasteiger partial charge in [-0.3, -0.25) is 19.6 Å². The molecule has 1 aliphatic rings. The Bertz CT molecular complexity index is 1740. The van der Waals surface area contributed by atoms with E-state index >= 15 is 0 Å². The van der Waals surface area contributed by atoms with Crippen LogP contribution in [-0.4, -0.2) is 46.9 Å². The Kier molecular flexibility index (Phi) is 6.55. The maximum Gasteiger partial charge on any atom is 0.258 e. The molecule has 1 aliphatic carbocycles. The molecule has 2 atom stereocenters. The number of hydrogen-bond donors (Lipinski definition) is 1.